The van der Waals surface area contributed by atoms with Gasteiger partial charge in [-0.15, -0.1) is 0 Å². The van der Waals surface area contributed by atoms with Crippen LogP contribution in [0.5, 0.6) is 11.5 Å². The van der Waals surface area contributed by atoms with E-state index in [0.717, 1.165) is 0 Å². The zero-order valence-electron chi connectivity index (χ0n) is 19.4. The van der Waals surface area contributed by atoms with Crippen LogP contribution in [-0.4, -0.2) is 31.4 Å². The maximum Gasteiger partial charge on any atom is 0.338 e. The summed E-state index contributed by atoms with van der Waals surface area (Å²) in [4.78, 5) is 31.8. The lowest BCUT2D eigenvalue weighted by Crippen LogP contribution is -2.40. The highest BCUT2D eigenvalue weighted by Gasteiger charge is 2.35. The van der Waals surface area contributed by atoms with E-state index < -0.39 is 12.0 Å². The van der Waals surface area contributed by atoms with E-state index in [1.54, 1.807) is 56.3 Å². The highest BCUT2D eigenvalue weighted by atomic mass is 35.5. The molecule has 0 spiro atoms. The highest BCUT2D eigenvalue weighted by molar-refractivity contribution is 7.07. The Morgan fingerprint density at radius 3 is 2.63 bits per heavy atom. The van der Waals surface area contributed by atoms with Gasteiger partial charge in [0.15, 0.2) is 16.3 Å². The number of allylic oxidation sites excluding steroid dienone is 1. The molecule has 0 aliphatic carbocycles. The largest absolute Gasteiger partial charge is 0.493 e. The van der Waals surface area contributed by atoms with Crippen molar-refractivity contribution < 1.29 is 19.0 Å². The molecule has 0 bridgehead atoms. The normalized spacial score (nSPS) is 15.5. The summed E-state index contributed by atoms with van der Waals surface area (Å²) in [6, 6.07) is 9.52. The van der Waals surface area contributed by atoms with Crippen molar-refractivity contribution in [2.45, 2.75) is 19.9 Å². The second-order valence-electron chi connectivity index (χ2n) is 7.55. The maximum absolute atomic E-state index is 13.7. The van der Waals surface area contributed by atoms with E-state index in [1.165, 1.54) is 30.1 Å². The topological polar surface area (TPSA) is 79.1 Å². The van der Waals surface area contributed by atoms with E-state index in [1.807, 2.05) is 0 Å². The van der Waals surface area contributed by atoms with Crippen LogP contribution in [0.3, 0.4) is 0 Å². The van der Waals surface area contributed by atoms with Crippen molar-refractivity contribution in [1.29, 1.82) is 0 Å². The van der Waals surface area contributed by atoms with Gasteiger partial charge in [0.1, 0.15) is 6.04 Å². The van der Waals surface area contributed by atoms with Crippen LogP contribution in [0.25, 0.3) is 6.08 Å². The maximum atomic E-state index is 13.7. The summed E-state index contributed by atoms with van der Waals surface area (Å²) < 4.78 is 18.3. The second kappa shape index (κ2) is 10.3. The molecule has 1 aliphatic heterocycles. The summed E-state index contributed by atoms with van der Waals surface area (Å²) in [5, 5.41) is 0.908. The van der Waals surface area contributed by atoms with Gasteiger partial charge in [0.2, 0.25) is 0 Å². The molecule has 3 aromatic rings. The van der Waals surface area contributed by atoms with Gasteiger partial charge in [-0.05, 0) is 43.7 Å². The number of nitrogens with zero attached hydrogens (tertiary/aromatic N) is 2. The van der Waals surface area contributed by atoms with Gasteiger partial charge in [-0.1, -0.05) is 52.7 Å². The molecule has 1 aliphatic rings. The predicted molar refractivity (Wildman–Crippen MR) is 136 cm³/mol. The molecule has 35 heavy (non-hydrogen) atoms. The van der Waals surface area contributed by atoms with Gasteiger partial charge in [-0.25, -0.2) is 9.79 Å². The first-order valence-corrected chi connectivity index (χ1v) is 12.2. The number of thiazole rings is 1. The van der Waals surface area contributed by atoms with Gasteiger partial charge >= 0.3 is 5.97 Å². The molecule has 0 saturated carbocycles. The number of carbonyl (C=O) groups is 1. The minimum Gasteiger partial charge on any atom is -0.493 e. The molecule has 2 aromatic carbocycles. The van der Waals surface area contributed by atoms with E-state index in [0.29, 0.717) is 47.7 Å². The van der Waals surface area contributed by atoms with Crippen molar-refractivity contribution in [1.82, 2.24) is 4.57 Å². The molecule has 0 saturated heterocycles. The number of methoxy groups -OCH3 is 2. The molecule has 2 heterocycles. The molecule has 0 N–H and O–H groups in total. The number of para-hydroxylation sites is 1. The number of benzene rings is 2. The van der Waals surface area contributed by atoms with Crippen molar-refractivity contribution in [3.63, 3.8) is 0 Å². The van der Waals surface area contributed by atoms with Crippen molar-refractivity contribution in [2.75, 3.05) is 20.8 Å². The first kappa shape index (κ1) is 25.0. The van der Waals surface area contributed by atoms with Crippen LogP contribution in [0.2, 0.25) is 10.0 Å². The van der Waals surface area contributed by atoms with Crippen LogP contribution in [-0.2, 0) is 9.53 Å². The van der Waals surface area contributed by atoms with Crippen molar-refractivity contribution in [2.24, 2.45) is 4.99 Å². The summed E-state index contributed by atoms with van der Waals surface area (Å²) in [5.74, 6) is 0.323. The van der Waals surface area contributed by atoms with Crippen LogP contribution >= 0.6 is 34.5 Å². The Labute approximate surface area is 215 Å². The minimum absolute atomic E-state index is 0.178. The van der Waals surface area contributed by atoms with E-state index in [9.17, 15) is 9.59 Å². The standard InChI is InChI=1S/C25H22Cl2N2O5S/c1-5-34-24(31)20-13(2)28-25-29(21(20)16-7-6-8-18(32-3)22(16)33-4)23(30)19(35-25)11-14-9-10-15(26)12-17(14)27/h6-12,21H,5H2,1-4H3. The molecular weight excluding hydrogens is 511 g/mol. The number of esters is 1. The van der Waals surface area contributed by atoms with Crippen LogP contribution in [0.4, 0.5) is 0 Å². The summed E-state index contributed by atoms with van der Waals surface area (Å²) in [6.07, 6.45) is 1.69. The van der Waals surface area contributed by atoms with Crippen LogP contribution in [0.15, 0.2) is 57.5 Å². The Balaban J connectivity index is 2.03. The molecule has 182 valence electrons. The SMILES string of the molecule is CCOC(=O)C1=C(C)N=c2sc(=Cc3ccc(Cl)cc3Cl)c(=O)n2C1c1cccc(OC)c1OC. The van der Waals surface area contributed by atoms with Gasteiger partial charge in [-0.3, -0.25) is 9.36 Å². The Kier molecular flexibility index (Phi) is 7.35. The number of aromatic nitrogens is 1. The molecule has 10 heteroatoms. The van der Waals surface area contributed by atoms with Crippen molar-refractivity contribution in [3.05, 3.63) is 88.5 Å². The van der Waals surface area contributed by atoms with Gasteiger partial charge in [-0.2, -0.15) is 0 Å². The number of rotatable bonds is 6. The molecule has 7 nitrogen and oxygen atoms in total. The lowest BCUT2D eigenvalue weighted by molar-refractivity contribution is -0.139. The summed E-state index contributed by atoms with van der Waals surface area (Å²) in [7, 11) is 3.03. The summed E-state index contributed by atoms with van der Waals surface area (Å²) in [6.45, 7) is 3.62. The molecule has 1 atom stereocenters. The van der Waals surface area contributed by atoms with Crippen LogP contribution in [0, 0.1) is 0 Å². The number of hydrogen-bond acceptors (Lipinski definition) is 7. The van der Waals surface area contributed by atoms with Crippen molar-refractivity contribution in [3.8, 4) is 11.5 Å². The fourth-order valence-electron chi connectivity index (χ4n) is 3.97. The van der Waals surface area contributed by atoms with Crippen LogP contribution < -0.4 is 24.4 Å². The fraction of sp³-hybridized carbons (Fsp3) is 0.240. The number of hydrogen-bond donors (Lipinski definition) is 0. The third kappa shape index (κ3) is 4.61. The Morgan fingerprint density at radius 1 is 1.20 bits per heavy atom. The Morgan fingerprint density at radius 2 is 1.97 bits per heavy atom. The molecular formula is C25H22Cl2N2O5S. The zero-order valence-corrected chi connectivity index (χ0v) is 21.8. The minimum atomic E-state index is -0.835. The quantitative estimate of drug-likeness (QED) is 0.446. The van der Waals surface area contributed by atoms with Gasteiger partial charge < -0.3 is 14.2 Å². The van der Waals surface area contributed by atoms with Gasteiger partial charge in [0, 0.05) is 15.6 Å². The second-order valence-corrected chi connectivity index (χ2v) is 9.40. The number of ether oxygens (including phenoxy) is 3. The Bertz CT molecular complexity index is 1520. The summed E-state index contributed by atoms with van der Waals surface area (Å²) >= 11 is 13.5. The van der Waals surface area contributed by atoms with Crippen LogP contribution in [0.1, 0.15) is 31.0 Å². The van der Waals surface area contributed by atoms with Crippen molar-refractivity contribution >= 4 is 46.6 Å². The third-order valence-electron chi connectivity index (χ3n) is 5.49. The molecule has 0 radical (unpaired) electrons. The number of carbonyl (C=O) groups excluding carboxylic acids is 1. The monoisotopic (exact) mass is 532 g/mol. The number of fused-ring (bicyclic) bond motifs is 1. The smallest absolute Gasteiger partial charge is 0.338 e. The lowest BCUT2D eigenvalue weighted by atomic mass is 9.94. The Hall–Kier alpha value is -3.07. The third-order valence-corrected chi connectivity index (χ3v) is 7.04. The van der Waals surface area contributed by atoms with Gasteiger partial charge in [0.25, 0.3) is 5.56 Å². The average Bonchev–Trinajstić information content (AvgIpc) is 3.13. The highest BCUT2D eigenvalue weighted by Crippen LogP contribution is 2.40. The first-order valence-electron chi connectivity index (χ1n) is 10.7. The van der Waals surface area contributed by atoms with Gasteiger partial charge in [0.05, 0.1) is 36.6 Å². The number of halogens is 2. The average molecular weight is 533 g/mol. The molecule has 4 rings (SSSR count). The molecule has 0 amide bonds. The molecule has 1 aromatic heterocycles. The van der Waals surface area contributed by atoms with E-state index in [-0.39, 0.29) is 17.7 Å². The van der Waals surface area contributed by atoms with E-state index in [2.05, 4.69) is 4.99 Å². The summed E-state index contributed by atoms with van der Waals surface area (Å²) in [5.41, 5.74) is 1.58. The van der Waals surface area contributed by atoms with E-state index in [4.69, 9.17) is 37.4 Å². The molecule has 1 unspecified atom stereocenters. The van der Waals surface area contributed by atoms with E-state index >= 15 is 0 Å². The predicted octanol–water partition coefficient (Wildman–Crippen LogP) is 4.12. The first-order chi connectivity index (χ1) is 16.8. The fourth-order valence-corrected chi connectivity index (χ4v) is 5.47. The lowest BCUT2D eigenvalue weighted by Gasteiger charge is -2.26. The zero-order chi connectivity index (χ0) is 25.3. The molecule has 0 fully saturated rings.